The van der Waals surface area contributed by atoms with Gasteiger partial charge in [-0.05, 0) is 40.5 Å². The molecule has 0 atom stereocenters. The van der Waals surface area contributed by atoms with Crippen molar-refractivity contribution in [2.75, 3.05) is 0 Å². The van der Waals surface area contributed by atoms with Crippen molar-refractivity contribution >= 4 is 45.2 Å². The molecule has 7 aromatic rings. The Kier molecular flexibility index (Phi) is 5.32. The van der Waals surface area contributed by atoms with E-state index in [0.29, 0.717) is 5.46 Å². The van der Waals surface area contributed by atoms with Crippen molar-refractivity contribution in [1.82, 2.24) is 9.55 Å². The van der Waals surface area contributed by atoms with E-state index >= 15 is 0 Å². The Morgan fingerprint density at radius 3 is 1.82 bits per heavy atom. The van der Waals surface area contributed by atoms with Gasteiger partial charge in [0.1, 0.15) is 0 Å². The molecule has 38 heavy (non-hydrogen) atoms. The average molecular weight is 490 g/mol. The van der Waals surface area contributed by atoms with Crippen LogP contribution in [0.4, 0.5) is 0 Å². The van der Waals surface area contributed by atoms with Crippen LogP contribution in [0.2, 0.25) is 0 Å². The summed E-state index contributed by atoms with van der Waals surface area (Å²) in [5.41, 5.74) is 7.36. The summed E-state index contributed by atoms with van der Waals surface area (Å²) in [6.07, 6.45) is 0. The molecule has 5 heteroatoms. The van der Waals surface area contributed by atoms with Crippen LogP contribution >= 0.6 is 0 Å². The molecule has 5 aromatic carbocycles. The van der Waals surface area contributed by atoms with E-state index in [1.165, 1.54) is 0 Å². The second-order valence-corrected chi connectivity index (χ2v) is 9.49. The third-order valence-corrected chi connectivity index (χ3v) is 7.18. The second kappa shape index (κ2) is 9.00. The molecule has 4 nitrogen and oxygen atoms in total. The molecular weight excluding hydrogens is 467 g/mol. The summed E-state index contributed by atoms with van der Waals surface area (Å²) in [5, 5.41) is 24.2. The van der Waals surface area contributed by atoms with Gasteiger partial charge in [0.25, 0.3) is 0 Å². The first-order valence-electron chi connectivity index (χ1n) is 12.6. The van der Waals surface area contributed by atoms with Crippen molar-refractivity contribution in [3.05, 3.63) is 127 Å². The van der Waals surface area contributed by atoms with E-state index in [-0.39, 0.29) is 0 Å². The average Bonchev–Trinajstić information content (AvgIpc) is 3.32. The van der Waals surface area contributed by atoms with Gasteiger partial charge in [0.2, 0.25) is 0 Å². The topological polar surface area (TPSA) is 58.3 Å². The quantitative estimate of drug-likeness (QED) is 0.283. The third-order valence-electron chi connectivity index (χ3n) is 7.18. The SMILES string of the molecule is OB(O)c1ccc2c(c1)c1c3ccccc3ccc1n2-c1cc(-c2ccccc2)nc(-c2ccccc2)c1. The summed E-state index contributed by atoms with van der Waals surface area (Å²) in [4.78, 5) is 5.05. The zero-order chi connectivity index (χ0) is 25.6. The van der Waals surface area contributed by atoms with E-state index in [0.717, 1.165) is 60.8 Å². The number of hydrogen-bond donors (Lipinski definition) is 2. The molecule has 0 saturated heterocycles. The minimum Gasteiger partial charge on any atom is -0.423 e. The molecule has 2 aromatic heterocycles. The van der Waals surface area contributed by atoms with Gasteiger partial charge >= 0.3 is 7.12 Å². The van der Waals surface area contributed by atoms with Crippen molar-refractivity contribution in [2.45, 2.75) is 0 Å². The predicted octanol–water partition coefficient (Wildman–Crippen LogP) is 6.35. The van der Waals surface area contributed by atoms with Crippen LogP contribution in [-0.4, -0.2) is 26.7 Å². The van der Waals surface area contributed by atoms with Gasteiger partial charge in [-0.3, -0.25) is 0 Å². The summed E-state index contributed by atoms with van der Waals surface area (Å²) in [6, 6.07) is 43.0. The van der Waals surface area contributed by atoms with E-state index in [1.54, 1.807) is 6.07 Å². The highest BCUT2D eigenvalue weighted by molar-refractivity contribution is 6.59. The van der Waals surface area contributed by atoms with Gasteiger partial charge in [0, 0.05) is 21.9 Å². The van der Waals surface area contributed by atoms with Crippen LogP contribution in [0, 0.1) is 0 Å². The smallest absolute Gasteiger partial charge is 0.423 e. The molecule has 7 rings (SSSR count). The lowest BCUT2D eigenvalue weighted by molar-refractivity contribution is 0.426. The Labute approximate surface area is 220 Å². The molecule has 0 spiro atoms. The summed E-state index contributed by atoms with van der Waals surface area (Å²) < 4.78 is 2.26. The molecule has 2 N–H and O–H groups in total. The summed E-state index contributed by atoms with van der Waals surface area (Å²) in [7, 11) is -1.54. The number of benzene rings is 5. The Morgan fingerprint density at radius 2 is 1.16 bits per heavy atom. The number of nitrogens with zero attached hydrogens (tertiary/aromatic N) is 2. The van der Waals surface area contributed by atoms with Crippen molar-refractivity contribution in [3.63, 3.8) is 0 Å². The molecule has 180 valence electrons. The monoisotopic (exact) mass is 490 g/mol. The van der Waals surface area contributed by atoms with Gasteiger partial charge in [-0.15, -0.1) is 0 Å². The maximum Gasteiger partial charge on any atom is 0.488 e. The van der Waals surface area contributed by atoms with E-state index in [2.05, 4.69) is 65.2 Å². The van der Waals surface area contributed by atoms with Crippen molar-refractivity contribution in [1.29, 1.82) is 0 Å². The Balaban J connectivity index is 1.60. The van der Waals surface area contributed by atoms with Crippen molar-refractivity contribution in [3.8, 4) is 28.2 Å². The lowest BCUT2D eigenvalue weighted by Gasteiger charge is -2.13. The molecule has 0 saturated carbocycles. The Bertz CT molecular complexity index is 1890. The highest BCUT2D eigenvalue weighted by atomic mass is 16.4. The minimum atomic E-state index is -1.54. The van der Waals surface area contributed by atoms with E-state index in [9.17, 15) is 10.0 Å². The van der Waals surface area contributed by atoms with Crippen LogP contribution < -0.4 is 5.46 Å². The molecule has 0 aliphatic rings. The molecule has 0 aliphatic carbocycles. The fourth-order valence-corrected chi connectivity index (χ4v) is 5.41. The highest BCUT2D eigenvalue weighted by Gasteiger charge is 2.19. The third kappa shape index (κ3) is 3.68. The first kappa shape index (κ1) is 22.5. The van der Waals surface area contributed by atoms with E-state index < -0.39 is 7.12 Å². The minimum absolute atomic E-state index is 0.467. The lowest BCUT2D eigenvalue weighted by atomic mass is 9.79. The molecular formula is C33H23BN2O2. The van der Waals surface area contributed by atoms with Crippen LogP contribution in [0.1, 0.15) is 0 Å². The van der Waals surface area contributed by atoms with Gasteiger partial charge in [-0.2, -0.15) is 0 Å². The van der Waals surface area contributed by atoms with Crippen molar-refractivity contribution < 1.29 is 10.0 Å². The largest absolute Gasteiger partial charge is 0.488 e. The van der Waals surface area contributed by atoms with Gasteiger partial charge in [-0.1, -0.05) is 103 Å². The molecule has 2 heterocycles. The van der Waals surface area contributed by atoms with Gasteiger partial charge < -0.3 is 14.6 Å². The number of pyridine rings is 1. The molecule has 0 radical (unpaired) electrons. The van der Waals surface area contributed by atoms with Crippen LogP contribution in [0.5, 0.6) is 0 Å². The maximum atomic E-state index is 9.96. The summed E-state index contributed by atoms with van der Waals surface area (Å²) in [6.45, 7) is 0. The molecule has 0 bridgehead atoms. The van der Waals surface area contributed by atoms with E-state index in [4.69, 9.17) is 4.98 Å². The Hall–Kier alpha value is -4.71. The van der Waals surface area contributed by atoms with Crippen molar-refractivity contribution in [2.24, 2.45) is 0 Å². The molecule has 0 unspecified atom stereocenters. The fourth-order valence-electron chi connectivity index (χ4n) is 5.41. The van der Waals surface area contributed by atoms with Crippen LogP contribution in [0.15, 0.2) is 127 Å². The normalized spacial score (nSPS) is 11.4. The highest BCUT2D eigenvalue weighted by Crippen LogP contribution is 2.38. The van der Waals surface area contributed by atoms with Gasteiger partial charge in [-0.25, -0.2) is 4.98 Å². The predicted molar refractivity (Wildman–Crippen MR) is 157 cm³/mol. The number of rotatable bonds is 4. The first-order chi connectivity index (χ1) is 18.7. The first-order valence-corrected chi connectivity index (χ1v) is 12.6. The van der Waals surface area contributed by atoms with Gasteiger partial charge in [0.15, 0.2) is 0 Å². The van der Waals surface area contributed by atoms with Crippen LogP contribution in [0.25, 0.3) is 60.8 Å². The number of aromatic nitrogens is 2. The summed E-state index contributed by atoms with van der Waals surface area (Å²) >= 11 is 0. The zero-order valence-electron chi connectivity index (χ0n) is 20.5. The summed E-state index contributed by atoms with van der Waals surface area (Å²) in [5.74, 6) is 0. The number of fused-ring (bicyclic) bond motifs is 5. The van der Waals surface area contributed by atoms with Gasteiger partial charge in [0.05, 0.1) is 28.1 Å². The van der Waals surface area contributed by atoms with Crippen LogP contribution in [-0.2, 0) is 0 Å². The maximum absolute atomic E-state index is 9.96. The van der Waals surface area contributed by atoms with E-state index in [1.807, 2.05) is 60.7 Å². The Morgan fingerprint density at radius 1 is 0.553 bits per heavy atom. The lowest BCUT2D eigenvalue weighted by Crippen LogP contribution is -2.29. The molecule has 0 fully saturated rings. The standard InChI is InChI=1S/C33H23BN2O2/c37-34(38)25-16-18-31-28(19-25)33-27-14-8-7-9-22(27)15-17-32(33)36(31)26-20-29(23-10-3-1-4-11-23)35-30(21-26)24-12-5-2-6-13-24/h1-21,37-38H. The fraction of sp³-hybridized carbons (Fsp3) is 0. The number of hydrogen-bond acceptors (Lipinski definition) is 3. The molecule has 0 aliphatic heterocycles. The zero-order valence-corrected chi connectivity index (χ0v) is 20.5. The molecule has 0 amide bonds. The van der Waals surface area contributed by atoms with Crippen LogP contribution in [0.3, 0.4) is 0 Å². The second-order valence-electron chi connectivity index (χ2n) is 9.49.